The Morgan fingerprint density at radius 2 is 0.929 bits per heavy atom. The van der Waals surface area contributed by atoms with Gasteiger partial charge in [-0.3, -0.25) is 9.59 Å². The van der Waals surface area contributed by atoms with Gasteiger partial charge in [0.1, 0.15) is 11.5 Å². The van der Waals surface area contributed by atoms with E-state index in [9.17, 15) is 19.8 Å². The number of anilines is 2. The molecule has 6 heteroatoms. The van der Waals surface area contributed by atoms with E-state index in [2.05, 4.69) is 24.5 Å². The molecular formula is C36H48N2O4. The van der Waals surface area contributed by atoms with Gasteiger partial charge in [0.05, 0.1) is 22.5 Å². The van der Waals surface area contributed by atoms with Gasteiger partial charge in [0, 0.05) is 0 Å². The van der Waals surface area contributed by atoms with E-state index in [1.165, 1.54) is 51.4 Å². The fraction of sp³-hybridized carbons (Fsp3) is 0.444. The molecule has 0 fully saturated rings. The van der Waals surface area contributed by atoms with E-state index in [0.29, 0.717) is 11.4 Å². The summed E-state index contributed by atoms with van der Waals surface area (Å²) in [6.07, 6.45) is 16.1. The minimum atomic E-state index is -0.470. The summed E-state index contributed by atoms with van der Waals surface area (Å²) in [5.41, 5.74) is 3.13. The Hall–Kier alpha value is -3.80. The first-order valence-electron chi connectivity index (χ1n) is 15.8. The predicted octanol–water partition coefficient (Wildman–Crippen LogP) is 9.41. The Morgan fingerprint density at radius 3 is 1.31 bits per heavy atom. The van der Waals surface area contributed by atoms with Crippen LogP contribution in [0.25, 0.3) is 0 Å². The van der Waals surface area contributed by atoms with Crippen molar-refractivity contribution in [2.45, 2.75) is 104 Å². The van der Waals surface area contributed by atoms with Crippen molar-refractivity contribution >= 4 is 23.2 Å². The molecule has 0 radical (unpaired) electrons. The average Bonchev–Trinajstić information content (AvgIpc) is 2.97. The third-order valence-electron chi connectivity index (χ3n) is 7.68. The Bertz CT molecular complexity index is 1190. The number of aryl methyl sites for hydroxylation is 2. The molecule has 0 saturated carbocycles. The minimum absolute atomic E-state index is 0.0662. The van der Waals surface area contributed by atoms with Crippen LogP contribution >= 0.6 is 0 Å². The van der Waals surface area contributed by atoms with Crippen LogP contribution in [-0.4, -0.2) is 22.0 Å². The number of benzene rings is 3. The highest BCUT2D eigenvalue weighted by molar-refractivity contribution is 6.11. The van der Waals surface area contributed by atoms with Crippen molar-refractivity contribution in [2.24, 2.45) is 0 Å². The lowest BCUT2D eigenvalue weighted by Crippen LogP contribution is -2.17. The molecular weight excluding hydrogens is 524 g/mol. The summed E-state index contributed by atoms with van der Waals surface area (Å²) in [6, 6.07) is 17.2. The number of amides is 2. The normalized spacial score (nSPS) is 10.9. The number of phenolic OH excluding ortho intramolecular Hbond substituents is 2. The molecule has 0 aliphatic heterocycles. The SMILES string of the molecule is CCCCCCCCc1ccc(C(=O)Nc2ccccc2NC(=O)c2ccc(CCCCCCCC)cc2O)c(O)c1. The van der Waals surface area contributed by atoms with Crippen molar-refractivity contribution < 1.29 is 19.8 Å². The number of rotatable bonds is 18. The van der Waals surface area contributed by atoms with E-state index in [1.807, 2.05) is 12.1 Å². The molecule has 0 unspecified atom stereocenters. The highest BCUT2D eigenvalue weighted by Crippen LogP contribution is 2.27. The summed E-state index contributed by atoms with van der Waals surface area (Å²) in [4.78, 5) is 26.1. The van der Waals surface area contributed by atoms with Crippen LogP contribution in [-0.2, 0) is 12.8 Å². The van der Waals surface area contributed by atoms with Gasteiger partial charge in [-0.15, -0.1) is 0 Å². The predicted molar refractivity (Wildman–Crippen MR) is 173 cm³/mol. The molecule has 3 aromatic rings. The van der Waals surface area contributed by atoms with Crippen LogP contribution in [0.2, 0.25) is 0 Å². The third-order valence-corrected chi connectivity index (χ3v) is 7.68. The fourth-order valence-electron chi connectivity index (χ4n) is 5.15. The first kappa shape index (κ1) is 32.7. The highest BCUT2D eigenvalue weighted by atomic mass is 16.3. The van der Waals surface area contributed by atoms with Gasteiger partial charge in [-0.05, 0) is 73.2 Å². The van der Waals surface area contributed by atoms with Crippen LogP contribution in [0.5, 0.6) is 11.5 Å². The monoisotopic (exact) mass is 572 g/mol. The number of nitrogens with one attached hydrogen (secondary N) is 2. The second kappa shape index (κ2) is 17.9. The molecule has 0 heterocycles. The van der Waals surface area contributed by atoms with Crippen molar-refractivity contribution in [1.29, 1.82) is 0 Å². The van der Waals surface area contributed by atoms with Crippen LogP contribution in [0.4, 0.5) is 11.4 Å². The molecule has 0 aromatic heterocycles. The molecule has 0 atom stereocenters. The first-order chi connectivity index (χ1) is 20.4. The Morgan fingerprint density at radius 1 is 0.548 bits per heavy atom. The maximum Gasteiger partial charge on any atom is 0.259 e. The standard InChI is InChI=1S/C36H48N2O4/c1-3-5-7-9-11-13-17-27-21-23-29(33(39)25-27)35(41)37-31-19-15-16-20-32(31)38-36(42)30-24-22-28(26-34(30)40)18-14-12-10-8-6-4-2/h15-16,19-26,39-40H,3-14,17-18H2,1-2H3,(H,37,41)(H,38,42). The number of carbonyl (C=O) groups is 2. The molecule has 0 aliphatic rings. The van der Waals surface area contributed by atoms with E-state index in [1.54, 1.807) is 48.5 Å². The van der Waals surface area contributed by atoms with Gasteiger partial charge in [-0.1, -0.05) is 102 Å². The number of para-hydroxylation sites is 2. The molecule has 4 N–H and O–H groups in total. The lowest BCUT2D eigenvalue weighted by atomic mass is 10.0. The van der Waals surface area contributed by atoms with E-state index >= 15 is 0 Å². The topological polar surface area (TPSA) is 98.7 Å². The van der Waals surface area contributed by atoms with Crippen molar-refractivity contribution in [1.82, 2.24) is 0 Å². The number of unbranched alkanes of at least 4 members (excludes halogenated alkanes) is 10. The van der Waals surface area contributed by atoms with Crippen LogP contribution in [0.3, 0.4) is 0 Å². The number of aromatic hydroxyl groups is 2. The largest absolute Gasteiger partial charge is 0.507 e. The first-order valence-corrected chi connectivity index (χ1v) is 15.8. The van der Waals surface area contributed by atoms with E-state index in [-0.39, 0.29) is 22.6 Å². The van der Waals surface area contributed by atoms with Gasteiger partial charge in [0.2, 0.25) is 0 Å². The average molecular weight is 573 g/mol. The van der Waals surface area contributed by atoms with Crippen molar-refractivity contribution in [3.63, 3.8) is 0 Å². The van der Waals surface area contributed by atoms with E-state index in [4.69, 9.17) is 0 Å². The van der Waals surface area contributed by atoms with Crippen molar-refractivity contribution in [2.75, 3.05) is 10.6 Å². The zero-order chi connectivity index (χ0) is 30.2. The van der Waals surface area contributed by atoms with Crippen LogP contribution < -0.4 is 10.6 Å². The molecule has 3 aromatic carbocycles. The van der Waals surface area contributed by atoms with Gasteiger partial charge < -0.3 is 20.8 Å². The third kappa shape index (κ3) is 10.6. The van der Waals surface area contributed by atoms with Gasteiger partial charge in [0.15, 0.2) is 0 Å². The summed E-state index contributed by atoms with van der Waals surface area (Å²) in [5, 5.41) is 26.8. The molecule has 0 saturated heterocycles. The van der Waals surface area contributed by atoms with E-state index < -0.39 is 11.8 Å². The molecule has 0 spiro atoms. The lowest BCUT2D eigenvalue weighted by molar-refractivity contribution is 0.101. The summed E-state index contributed by atoms with van der Waals surface area (Å²) in [7, 11) is 0. The number of phenols is 2. The second-order valence-corrected chi connectivity index (χ2v) is 11.2. The molecule has 0 bridgehead atoms. The molecule has 0 aliphatic carbocycles. The number of hydrogen-bond acceptors (Lipinski definition) is 4. The Kier molecular flexibility index (Phi) is 13.9. The molecule has 226 valence electrons. The lowest BCUT2D eigenvalue weighted by Gasteiger charge is -2.14. The number of hydrogen-bond donors (Lipinski definition) is 4. The quantitative estimate of drug-likeness (QED) is 0.114. The molecule has 42 heavy (non-hydrogen) atoms. The Labute approximate surface area is 251 Å². The fourth-order valence-corrected chi connectivity index (χ4v) is 5.15. The van der Waals surface area contributed by atoms with Crippen LogP contribution in [0, 0.1) is 0 Å². The molecule has 3 rings (SSSR count). The number of carbonyl (C=O) groups excluding carboxylic acids is 2. The van der Waals surface area contributed by atoms with Gasteiger partial charge in [0.25, 0.3) is 11.8 Å². The van der Waals surface area contributed by atoms with Crippen LogP contribution in [0.1, 0.15) is 123 Å². The summed E-state index contributed by atoms with van der Waals surface area (Å²) >= 11 is 0. The van der Waals surface area contributed by atoms with Gasteiger partial charge in [-0.25, -0.2) is 0 Å². The van der Waals surface area contributed by atoms with Gasteiger partial charge >= 0.3 is 0 Å². The van der Waals surface area contributed by atoms with E-state index in [0.717, 1.165) is 49.7 Å². The summed E-state index contributed by atoms with van der Waals surface area (Å²) in [6.45, 7) is 4.41. The Balaban J connectivity index is 1.57. The maximum absolute atomic E-state index is 13.0. The maximum atomic E-state index is 13.0. The summed E-state index contributed by atoms with van der Waals surface area (Å²) < 4.78 is 0. The summed E-state index contributed by atoms with van der Waals surface area (Å²) in [5.74, 6) is -1.07. The molecule has 6 nitrogen and oxygen atoms in total. The highest BCUT2D eigenvalue weighted by Gasteiger charge is 2.17. The smallest absolute Gasteiger partial charge is 0.259 e. The van der Waals surface area contributed by atoms with Crippen molar-refractivity contribution in [3.8, 4) is 11.5 Å². The second-order valence-electron chi connectivity index (χ2n) is 11.2. The zero-order valence-electron chi connectivity index (χ0n) is 25.4. The van der Waals surface area contributed by atoms with Crippen LogP contribution in [0.15, 0.2) is 60.7 Å². The molecule has 2 amide bonds. The zero-order valence-corrected chi connectivity index (χ0v) is 25.4. The van der Waals surface area contributed by atoms with Crippen molar-refractivity contribution in [3.05, 3.63) is 82.9 Å². The minimum Gasteiger partial charge on any atom is -0.507 e. The van der Waals surface area contributed by atoms with Gasteiger partial charge in [-0.2, -0.15) is 0 Å².